The Morgan fingerprint density at radius 3 is 2.54 bits per heavy atom. The zero-order valence-corrected chi connectivity index (χ0v) is 14.6. The molecule has 3 saturated carbocycles. The van der Waals surface area contributed by atoms with Gasteiger partial charge >= 0.3 is 0 Å². The van der Waals surface area contributed by atoms with E-state index in [4.69, 9.17) is 0 Å². The molecule has 24 heavy (non-hydrogen) atoms. The molecule has 4 aliphatic rings. The molecule has 0 spiro atoms. The minimum absolute atomic E-state index is 0.106. The maximum Gasteiger partial charge on any atom is 0.156 e. The molecule has 6 atom stereocenters. The van der Waals surface area contributed by atoms with Gasteiger partial charge in [0.2, 0.25) is 0 Å². The summed E-state index contributed by atoms with van der Waals surface area (Å²) in [4.78, 5) is 11.9. The second kappa shape index (κ2) is 4.71. The molecule has 4 nitrogen and oxygen atoms in total. The van der Waals surface area contributed by atoms with Crippen LogP contribution in [0.2, 0.25) is 0 Å². The van der Waals surface area contributed by atoms with Gasteiger partial charge in [-0.1, -0.05) is 19.4 Å². The summed E-state index contributed by atoms with van der Waals surface area (Å²) in [6.07, 6.45) is 7.32. The Hall–Kier alpha value is -1.18. The second-order valence-corrected chi connectivity index (χ2v) is 9.07. The van der Waals surface area contributed by atoms with Crippen LogP contribution < -0.4 is 0 Å². The molecule has 4 rings (SSSR count). The zero-order chi connectivity index (χ0) is 17.4. The van der Waals surface area contributed by atoms with E-state index >= 15 is 0 Å². The van der Waals surface area contributed by atoms with Gasteiger partial charge in [0.25, 0.3) is 0 Å². The number of carbonyl (C=O) groups is 1. The molecular weight excluding hydrogens is 302 g/mol. The smallest absolute Gasteiger partial charge is 0.156 e. The summed E-state index contributed by atoms with van der Waals surface area (Å²) < 4.78 is 0. The quantitative estimate of drug-likeness (QED) is 0.670. The molecule has 0 bridgehead atoms. The van der Waals surface area contributed by atoms with Gasteiger partial charge in [0.15, 0.2) is 11.4 Å². The Kier molecular flexibility index (Phi) is 3.20. The van der Waals surface area contributed by atoms with Crippen molar-refractivity contribution in [1.82, 2.24) is 0 Å². The molecule has 0 aliphatic heterocycles. The van der Waals surface area contributed by atoms with E-state index in [1.807, 2.05) is 6.92 Å². The van der Waals surface area contributed by atoms with Crippen molar-refractivity contribution in [1.29, 1.82) is 5.26 Å². The minimum Gasteiger partial charge on any atom is -0.389 e. The summed E-state index contributed by atoms with van der Waals surface area (Å²) in [7, 11) is 0. The van der Waals surface area contributed by atoms with Gasteiger partial charge < -0.3 is 10.2 Å². The average Bonchev–Trinajstić information content (AvgIpc) is 2.82. The highest BCUT2D eigenvalue weighted by molar-refractivity contribution is 5.91. The fraction of sp³-hybridized carbons (Fsp3) is 0.800. The van der Waals surface area contributed by atoms with Gasteiger partial charge in [0.1, 0.15) is 0 Å². The second-order valence-electron chi connectivity index (χ2n) is 9.07. The largest absolute Gasteiger partial charge is 0.389 e. The highest BCUT2D eigenvalue weighted by Gasteiger charge is 2.69. The Labute approximate surface area is 143 Å². The van der Waals surface area contributed by atoms with Crippen LogP contribution in [-0.4, -0.2) is 27.2 Å². The lowest BCUT2D eigenvalue weighted by Crippen LogP contribution is -2.64. The van der Waals surface area contributed by atoms with Crippen LogP contribution in [-0.2, 0) is 4.79 Å². The maximum absolute atomic E-state index is 11.9. The van der Waals surface area contributed by atoms with Crippen molar-refractivity contribution in [2.75, 3.05) is 0 Å². The molecule has 0 heterocycles. The predicted octanol–water partition coefficient (Wildman–Crippen LogP) is 2.89. The molecule has 2 N–H and O–H groups in total. The molecule has 3 fully saturated rings. The Bertz CT molecular complexity index is 679. The van der Waals surface area contributed by atoms with Crippen molar-refractivity contribution in [3.8, 4) is 6.07 Å². The van der Waals surface area contributed by atoms with Crippen molar-refractivity contribution in [3.63, 3.8) is 0 Å². The fourth-order valence-corrected chi connectivity index (χ4v) is 6.70. The van der Waals surface area contributed by atoms with Gasteiger partial charge in [-0.3, -0.25) is 4.79 Å². The number of nitrogens with zero attached hydrogens (tertiary/aromatic N) is 1. The van der Waals surface area contributed by atoms with Crippen molar-refractivity contribution in [2.45, 2.75) is 76.4 Å². The molecule has 0 saturated heterocycles. The molecule has 0 aromatic heterocycles. The first kappa shape index (κ1) is 16.3. The van der Waals surface area contributed by atoms with E-state index in [0.29, 0.717) is 25.7 Å². The van der Waals surface area contributed by atoms with E-state index in [1.165, 1.54) is 0 Å². The molecule has 0 radical (unpaired) electrons. The van der Waals surface area contributed by atoms with Crippen molar-refractivity contribution >= 4 is 5.78 Å². The lowest BCUT2D eigenvalue weighted by molar-refractivity contribution is -0.202. The number of hydrogen-bond donors (Lipinski definition) is 2. The first-order chi connectivity index (χ1) is 11.2. The van der Waals surface area contributed by atoms with Crippen LogP contribution in [0.4, 0.5) is 0 Å². The Morgan fingerprint density at radius 1 is 1.08 bits per heavy atom. The summed E-state index contributed by atoms with van der Waals surface area (Å²) in [5.74, 6) is 0.468. The van der Waals surface area contributed by atoms with Gasteiger partial charge in [-0.2, -0.15) is 5.26 Å². The van der Waals surface area contributed by atoms with E-state index in [-0.39, 0.29) is 23.0 Å². The van der Waals surface area contributed by atoms with E-state index in [9.17, 15) is 20.3 Å². The topological polar surface area (TPSA) is 81.3 Å². The zero-order valence-electron chi connectivity index (χ0n) is 14.6. The molecule has 0 aromatic carbocycles. The molecule has 0 aromatic rings. The Morgan fingerprint density at radius 2 is 1.83 bits per heavy atom. The van der Waals surface area contributed by atoms with Crippen LogP contribution in [0.3, 0.4) is 0 Å². The standard InChI is InChI=1S/C20H27NO3/c1-17-7-5-14(22)11-13(17)3-4-16-15-6-8-19(23,12-21)18(15,2)9-10-20(16,17)24/h11,15-16,23-24H,3-10H2,1-2H3/t15-,16-,17-,18-,19?,20?/m0/s1. The van der Waals surface area contributed by atoms with Crippen LogP contribution >= 0.6 is 0 Å². The monoisotopic (exact) mass is 329 g/mol. The number of carbonyl (C=O) groups excluding carboxylic acids is 1. The van der Waals surface area contributed by atoms with Crippen LogP contribution in [0.5, 0.6) is 0 Å². The van der Waals surface area contributed by atoms with Crippen LogP contribution in [0, 0.1) is 34.0 Å². The van der Waals surface area contributed by atoms with Crippen molar-refractivity contribution in [3.05, 3.63) is 11.6 Å². The molecular formula is C20H27NO3. The summed E-state index contributed by atoms with van der Waals surface area (Å²) in [5, 5.41) is 32.2. The third kappa shape index (κ3) is 1.68. The van der Waals surface area contributed by atoms with Crippen LogP contribution in [0.25, 0.3) is 0 Å². The number of ketones is 1. The highest BCUT2D eigenvalue weighted by Crippen LogP contribution is 2.68. The van der Waals surface area contributed by atoms with E-state index in [1.54, 1.807) is 6.08 Å². The molecule has 2 unspecified atom stereocenters. The van der Waals surface area contributed by atoms with Crippen molar-refractivity contribution < 1.29 is 15.0 Å². The van der Waals surface area contributed by atoms with E-state index in [2.05, 4.69) is 13.0 Å². The van der Waals surface area contributed by atoms with Crippen LogP contribution in [0.15, 0.2) is 11.6 Å². The number of fused-ring (bicyclic) bond motifs is 5. The van der Waals surface area contributed by atoms with Gasteiger partial charge in [-0.25, -0.2) is 0 Å². The van der Waals surface area contributed by atoms with E-state index in [0.717, 1.165) is 31.3 Å². The average molecular weight is 329 g/mol. The first-order valence-corrected chi connectivity index (χ1v) is 9.30. The lowest BCUT2D eigenvalue weighted by Gasteiger charge is -2.63. The number of nitriles is 1. The third-order valence-electron chi connectivity index (χ3n) is 8.49. The molecule has 130 valence electrons. The van der Waals surface area contributed by atoms with Crippen molar-refractivity contribution in [2.24, 2.45) is 22.7 Å². The highest BCUT2D eigenvalue weighted by atomic mass is 16.3. The number of hydrogen-bond acceptors (Lipinski definition) is 4. The summed E-state index contributed by atoms with van der Waals surface area (Å²) in [5.41, 5.74) is -1.73. The van der Waals surface area contributed by atoms with E-state index < -0.39 is 16.6 Å². The van der Waals surface area contributed by atoms with Gasteiger partial charge in [0, 0.05) is 17.3 Å². The van der Waals surface area contributed by atoms with Gasteiger partial charge in [0.05, 0.1) is 11.7 Å². The normalized spacial score (nSPS) is 53.5. The SMILES string of the molecule is C[C@]12CCC(=O)C=C1CC[C@H]1[C@@H]3CCC(O)(C#N)[C@@]3(C)CCC12O. The van der Waals surface area contributed by atoms with Gasteiger partial charge in [-0.05, 0) is 62.9 Å². The first-order valence-electron chi connectivity index (χ1n) is 9.30. The Balaban J connectivity index is 1.77. The van der Waals surface area contributed by atoms with Gasteiger partial charge in [-0.15, -0.1) is 0 Å². The summed E-state index contributed by atoms with van der Waals surface area (Å²) >= 11 is 0. The van der Waals surface area contributed by atoms with Crippen LogP contribution in [0.1, 0.15) is 65.2 Å². The number of aliphatic hydroxyl groups is 2. The molecule has 0 amide bonds. The lowest BCUT2D eigenvalue weighted by atomic mass is 9.44. The fourth-order valence-electron chi connectivity index (χ4n) is 6.70. The maximum atomic E-state index is 11.9. The summed E-state index contributed by atoms with van der Waals surface area (Å²) in [6.45, 7) is 4.18. The molecule has 4 heteroatoms. The molecule has 4 aliphatic carbocycles. The summed E-state index contributed by atoms with van der Waals surface area (Å²) in [6, 6.07) is 2.18. The predicted molar refractivity (Wildman–Crippen MR) is 88.7 cm³/mol. The minimum atomic E-state index is -1.27. The third-order valence-corrected chi connectivity index (χ3v) is 8.49. The number of rotatable bonds is 0.